The van der Waals surface area contributed by atoms with E-state index >= 15 is 0 Å². The van der Waals surface area contributed by atoms with E-state index in [-0.39, 0.29) is 5.91 Å². The van der Waals surface area contributed by atoms with E-state index in [1.165, 1.54) is 12.7 Å². The number of amides is 1. The van der Waals surface area contributed by atoms with Gasteiger partial charge in [-0.2, -0.15) is 0 Å². The van der Waals surface area contributed by atoms with Crippen molar-refractivity contribution in [3.63, 3.8) is 0 Å². The van der Waals surface area contributed by atoms with E-state index in [1.807, 2.05) is 31.2 Å². The summed E-state index contributed by atoms with van der Waals surface area (Å²) in [6, 6.07) is 11.3. The van der Waals surface area contributed by atoms with Crippen molar-refractivity contribution in [2.45, 2.75) is 6.92 Å². The van der Waals surface area contributed by atoms with Crippen LogP contribution in [0, 0.1) is 6.92 Å². The lowest BCUT2D eigenvalue weighted by molar-refractivity contribution is 0.0941. The summed E-state index contributed by atoms with van der Waals surface area (Å²) >= 11 is 3.35. The number of halogens is 1. The average molecular weight is 402 g/mol. The first-order chi connectivity index (χ1) is 12.1. The molecular weight excluding hydrogens is 386 g/mol. The van der Waals surface area contributed by atoms with Gasteiger partial charge >= 0.3 is 0 Å². The topological polar surface area (TPSA) is 81.9 Å². The second kappa shape index (κ2) is 7.89. The number of carbonyl (C=O) groups excluding carboxylic acids is 1. The molecule has 0 radical (unpaired) electrons. The zero-order valence-corrected chi connectivity index (χ0v) is 15.1. The first-order valence-electron chi connectivity index (χ1n) is 7.63. The maximum absolute atomic E-state index is 12.4. The highest BCUT2D eigenvalue weighted by Gasteiger charge is 2.13. The smallest absolute Gasteiger partial charge is 0.271 e. The molecule has 1 amide bonds. The fraction of sp³-hybridized carbons (Fsp3) is 0.176. The van der Waals surface area contributed by atoms with Crippen molar-refractivity contribution >= 4 is 21.8 Å². The standard InChI is InChI=1S/C17H16BrN5O2/c1-12-3-2-4-13(9-12)25-8-7-19-17(24)16-14(18)5-6-15(22-16)23-10-20-21-11-23/h2-6,9-11H,7-8H2,1H3,(H,19,24). The van der Waals surface area contributed by atoms with Crippen molar-refractivity contribution in [2.24, 2.45) is 0 Å². The van der Waals surface area contributed by atoms with Crippen LogP contribution in [0.1, 0.15) is 16.1 Å². The monoisotopic (exact) mass is 401 g/mol. The fourth-order valence-corrected chi connectivity index (χ4v) is 2.58. The van der Waals surface area contributed by atoms with Crippen molar-refractivity contribution in [1.29, 1.82) is 0 Å². The second-order valence-electron chi connectivity index (χ2n) is 5.29. The molecule has 0 aliphatic rings. The van der Waals surface area contributed by atoms with Crippen LogP contribution in [0.15, 0.2) is 53.5 Å². The number of aryl methyl sites for hydroxylation is 1. The first-order valence-corrected chi connectivity index (χ1v) is 8.42. The van der Waals surface area contributed by atoms with Gasteiger partial charge in [-0.25, -0.2) is 4.98 Å². The van der Waals surface area contributed by atoms with E-state index < -0.39 is 0 Å². The molecule has 25 heavy (non-hydrogen) atoms. The normalized spacial score (nSPS) is 10.5. The third kappa shape index (κ3) is 4.42. The molecule has 128 valence electrons. The average Bonchev–Trinajstić information content (AvgIpc) is 3.13. The van der Waals surface area contributed by atoms with E-state index in [1.54, 1.807) is 16.7 Å². The molecule has 3 aromatic rings. The molecule has 0 saturated carbocycles. The molecule has 1 N–H and O–H groups in total. The summed E-state index contributed by atoms with van der Waals surface area (Å²) in [5, 5.41) is 10.3. The number of hydrogen-bond acceptors (Lipinski definition) is 5. The van der Waals surface area contributed by atoms with Crippen LogP contribution in [-0.2, 0) is 0 Å². The lowest BCUT2D eigenvalue weighted by Gasteiger charge is -2.10. The van der Waals surface area contributed by atoms with Crippen LogP contribution in [0.5, 0.6) is 5.75 Å². The molecule has 0 saturated heterocycles. The van der Waals surface area contributed by atoms with Crippen LogP contribution >= 0.6 is 15.9 Å². The zero-order chi connectivity index (χ0) is 17.6. The molecule has 0 spiro atoms. The van der Waals surface area contributed by atoms with E-state index in [9.17, 15) is 4.79 Å². The van der Waals surface area contributed by atoms with E-state index in [4.69, 9.17) is 4.74 Å². The van der Waals surface area contributed by atoms with Crippen LogP contribution in [-0.4, -0.2) is 38.8 Å². The van der Waals surface area contributed by atoms with Crippen LogP contribution in [0.3, 0.4) is 0 Å². The van der Waals surface area contributed by atoms with Gasteiger partial charge in [-0.1, -0.05) is 12.1 Å². The highest BCUT2D eigenvalue weighted by Crippen LogP contribution is 2.17. The van der Waals surface area contributed by atoms with Gasteiger partial charge in [-0.3, -0.25) is 9.36 Å². The van der Waals surface area contributed by atoms with Crippen molar-refractivity contribution < 1.29 is 9.53 Å². The summed E-state index contributed by atoms with van der Waals surface area (Å²) < 4.78 is 7.86. The summed E-state index contributed by atoms with van der Waals surface area (Å²) in [5.74, 6) is 1.06. The third-order valence-corrected chi connectivity index (χ3v) is 4.02. The third-order valence-electron chi connectivity index (χ3n) is 3.38. The Hall–Kier alpha value is -2.74. The van der Waals surface area contributed by atoms with Gasteiger partial charge in [0.2, 0.25) is 0 Å². The number of hydrogen-bond donors (Lipinski definition) is 1. The maximum atomic E-state index is 12.4. The molecule has 8 heteroatoms. The second-order valence-corrected chi connectivity index (χ2v) is 6.14. The predicted octanol–water partition coefficient (Wildman–Crippen LogP) is 2.54. The van der Waals surface area contributed by atoms with Gasteiger partial charge in [0.15, 0.2) is 0 Å². The van der Waals surface area contributed by atoms with Gasteiger partial charge in [-0.05, 0) is 52.7 Å². The largest absolute Gasteiger partial charge is 0.492 e. The molecule has 0 aliphatic carbocycles. The number of carbonyl (C=O) groups is 1. The van der Waals surface area contributed by atoms with E-state index in [2.05, 4.69) is 36.4 Å². The van der Waals surface area contributed by atoms with Gasteiger partial charge in [0, 0.05) is 4.47 Å². The molecule has 0 atom stereocenters. The molecule has 3 rings (SSSR count). The Balaban J connectivity index is 1.58. The first kappa shape index (κ1) is 17.1. The Labute approximate surface area is 153 Å². The number of rotatable bonds is 6. The Morgan fingerprint density at radius 1 is 1.24 bits per heavy atom. The highest BCUT2D eigenvalue weighted by molar-refractivity contribution is 9.10. The number of pyridine rings is 1. The summed E-state index contributed by atoms with van der Waals surface area (Å²) in [6.45, 7) is 2.75. The Bertz CT molecular complexity index is 867. The van der Waals surface area contributed by atoms with Gasteiger partial charge < -0.3 is 10.1 Å². The number of nitrogens with zero attached hydrogens (tertiary/aromatic N) is 4. The van der Waals surface area contributed by atoms with Gasteiger partial charge in [0.1, 0.15) is 36.5 Å². The van der Waals surface area contributed by atoms with Crippen LogP contribution in [0.4, 0.5) is 0 Å². The SMILES string of the molecule is Cc1cccc(OCCNC(=O)c2nc(-n3cnnc3)ccc2Br)c1. The molecule has 0 aliphatic heterocycles. The summed E-state index contributed by atoms with van der Waals surface area (Å²) in [5.41, 5.74) is 1.42. The predicted molar refractivity (Wildman–Crippen MR) is 95.9 cm³/mol. The lowest BCUT2D eigenvalue weighted by Crippen LogP contribution is -2.29. The highest BCUT2D eigenvalue weighted by atomic mass is 79.9. The molecule has 0 bridgehead atoms. The van der Waals surface area contributed by atoms with Crippen LogP contribution in [0.2, 0.25) is 0 Å². The molecule has 0 unspecified atom stereocenters. The summed E-state index contributed by atoms with van der Waals surface area (Å²) in [7, 11) is 0. The minimum atomic E-state index is -0.283. The van der Waals surface area contributed by atoms with Crippen LogP contribution < -0.4 is 10.1 Å². The fourth-order valence-electron chi connectivity index (χ4n) is 2.18. The van der Waals surface area contributed by atoms with Gasteiger partial charge in [0.25, 0.3) is 5.91 Å². The van der Waals surface area contributed by atoms with E-state index in [0.717, 1.165) is 11.3 Å². The Kier molecular flexibility index (Phi) is 5.39. The van der Waals surface area contributed by atoms with Crippen LogP contribution in [0.25, 0.3) is 5.82 Å². The number of benzene rings is 1. The maximum Gasteiger partial charge on any atom is 0.271 e. The molecule has 2 aromatic heterocycles. The van der Waals surface area contributed by atoms with Crippen molar-refractivity contribution in [1.82, 2.24) is 25.1 Å². The van der Waals surface area contributed by atoms with Crippen molar-refractivity contribution in [3.05, 3.63) is 64.8 Å². The van der Waals surface area contributed by atoms with Crippen molar-refractivity contribution in [2.75, 3.05) is 13.2 Å². The number of ether oxygens (including phenoxy) is 1. The Morgan fingerprint density at radius 3 is 2.80 bits per heavy atom. The van der Waals surface area contributed by atoms with Gasteiger partial charge in [-0.15, -0.1) is 10.2 Å². The minimum absolute atomic E-state index is 0.283. The molecule has 0 fully saturated rings. The lowest BCUT2D eigenvalue weighted by atomic mass is 10.2. The molecule has 2 heterocycles. The zero-order valence-electron chi connectivity index (χ0n) is 13.5. The van der Waals surface area contributed by atoms with Crippen molar-refractivity contribution in [3.8, 4) is 11.6 Å². The summed E-state index contributed by atoms with van der Waals surface area (Å²) in [4.78, 5) is 16.7. The quantitative estimate of drug-likeness (QED) is 0.641. The number of nitrogens with one attached hydrogen (secondary N) is 1. The number of aromatic nitrogens is 4. The molecule has 7 nitrogen and oxygen atoms in total. The van der Waals surface area contributed by atoms with Gasteiger partial charge in [0.05, 0.1) is 6.54 Å². The summed E-state index contributed by atoms with van der Waals surface area (Å²) in [6.07, 6.45) is 3.04. The minimum Gasteiger partial charge on any atom is -0.492 e. The molecular formula is C17H16BrN5O2. The Morgan fingerprint density at radius 2 is 2.04 bits per heavy atom. The molecule has 1 aromatic carbocycles. The van der Waals surface area contributed by atoms with E-state index in [0.29, 0.717) is 29.1 Å².